The van der Waals surface area contributed by atoms with Gasteiger partial charge >= 0.3 is 0 Å². The highest BCUT2D eigenvalue weighted by molar-refractivity contribution is 6.36. The summed E-state index contributed by atoms with van der Waals surface area (Å²) >= 11 is 12.4. The van der Waals surface area contributed by atoms with Crippen LogP contribution in [0.15, 0.2) is 36.4 Å². The normalized spacial score (nSPS) is 14.1. The third-order valence-electron chi connectivity index (χ3n) is 3.71. The minimum absolute atomic E-state index is 0.383. The molecule has 0 aliphatic carbocycles. The van der Waals surface area contributed by atoms with Crippen molar-refractivity contribution in [2.24, 2.45) is 0 Å². The van der Waals surface area contributed by atoms with Crippen molar-refractivity contribution in [3.8, 4) is 0 Å². The molecule has 1 unspecified atom stereocenters. The van der Waals surface area contributed by atoms with Crippen molar-refractivity contribution in [1.82, 2.24) is 0 Å². The van der Waals surface area contributed by atoms with Crippen molar-refractivity contribution in [1.29, 1.82) is 0 Å². The average molecular weight is 309 g/mol. The quantitative estimate of drug-likeness (QED) is 0.840. The molecule has 20 heavy (non-hydrogen) atoms. The monoisotopic (exact) mass is 308 g/mol. The van der Waals surface area contributed by atoms with Crippen LogP contribution in [0.25, 0.3) is 0 Å². The van der Waals surface area contributed by atoms with E-state index >= 15 is 0 Å². The molecule has 0 saturated carbocycles. The number of hydrogen-bond acceptors (Lipinski definition) is 1. The minimum atomic E-state index is -1.01. The molecule has 0 aromatic heterocycles. The first-order valence-electron chi connectivity index (χ1n) is 6.54. The van der Waals surface area contributed by atoms with Crippen LogP contribution in [0, 0.1) is 13.8 Å². The molecule has 0 spiro atoms. The van der Waals surface area contributed by atoms with Gasteiger partial charge in [0.1, 0.15) is 0 Å². The van der Waals surface area contributed by atoms with Crippen LogP contribution >= 0.6 is 23.2 Å². The first kappa shape index (κ1) is 15.4. The van der Waals surface area contributed by atoms with Crippen molar-refractivity contribution in [3.63, 3.8) is 0 Å². The molecule has 1 N–H and O–H groups in total. The molecule has 0 aliphatic heterocycles. The highest BCUT2D eigenvalue weighted by Gasteiger charge is 2.26. The highest BCUT2D eigenvalue weighted by atomic mass is 35.5. The predicted octanol–water partition coefficient (Wildman–Crippen LogP) is 5.06. The fraction of sp³-hybridized carbons (Fsp3) is 0.294. The summed E-state index contributed by atoms with van der Waals surface area (Å²) in [6.45, 7) is 5.88. The summed E-state index contributed by atoms with van der Waals surface area (Å²) in [5.41, 5.74) is 3.01. The number of hydrogen-bond donors (Lipinski definition) is 1. The fourth-order valence-corrected chi connectivity index (χ4v) is 2.76. The average Bonchev–Trinajstić information content (AvgIpc) is 2.37. The molecule has 3 heteroatoms. The van der Waals surface area contributed by atoms with Crippen LogP contribution in [-0.4, -0.2) is 5.11 Å². The Bertz CT molecular complexity index is 613. The van der Waals surface area contributed by atoms with Crippen molar-refractivity contribution >= 4 is 23.2 Å². The van der Waals surface area contributed by atoms with Gasteiger partial charge in [0.2, 0.25) is 0 Å². The van der Waals surface area contributed by atoms with Crippen LogP contribution < -0.4 is 0 Å². The Kier molecular flexibility index (Phi) is 4.43. The lowest BCUT2D eigenvalue weighted by Crippen LogP contribution is -2.24. The molecule has 106 valence electrons. The van der Waals surface area contributed by atoms with Gasteiger partial charge in [-0.3, -0.25) is 0 Å². The second kappa shape index (κ2) is 5.77. The van der Waals surface area contributed by atoms with Gasteiger partial charge in [0.15, 0.2) is 0 Å². The number of rotatable bonds is 3. The predicted molar refractivity (Wildman–Crippen MR) is 85.7 cm³/mol. The van der Waals surface area contributed by atoms with Gasteiger partial charge in [-0.15, -0.1) is 0 Å². The smallest absolute Gasteiger partial charge is 0.0909 e. The molecular weight excluding hydrogens is 291 g/mol. The second-order valence-corrected chi connectivity index (χ2v) is 6.26. The van der Waals surface area contributed by atoms with E-state index in [2.05, 4.69) is 6.92 Å². The van der Waals surface area contributed by atoms with E-state index in [1.165, 1.54) is 5.56 Å². The fourth-order valence-electron chi connectivity index (χ4n) is 2.22. The van der Waals surface area contributed by atoms with E-state index in [-0.39, 0.29) is 0 Å². The molecule has 2 aromatic rings. The lowest BCUT2D eigenvalue weighted by molar-refractivity contribution is 0.0576. The van der Waals surface area contributed by atoms with E-state index in [4.69, 9.17) is 23.2 Å². The summed E-state index contributed by atoms with van der Waals surface area (Å²) in [7, 11) is 0. The van der Waals surface area contributed by atoms with Crippen molar-refractivity contribution < 1.29 is 5.11 Å². The molecule has 0 fully saturated rings. The minimum Gasteiger partial charge on any atom is -0.385 e. The van der Waals surface area contributed by atoms with E-state index in [1.54, 1.807) is 25.1 Å². The lowest BCUT2D eigenvalue weighted by Gasteiger charge is -2.26. The molecule has 0 bridgehead atoms. The van der Waals surface area contributed by atoms with Gasteiger partial charge in [0.05, 0.1) is 5.60 Å². The molecular formula is C17H18Cl2O. The summed E-state index contributed by atoms with van der Waals surface area (Å²) in [4.78, 5) is 0. The molecule has 0 radical (unpaired) electrons. The summed E-state index contributed by atoms with van der Waals surface area (Å²) < 4.78 is 0. The molecule has 2 rings (SSSR count). The van der Waals surface area contributed by atoms with Crippen LogP contribution in [0.2, 0.25) is 10.0 Å². The van der Waals surface area contributed by atoms with Crippen LogP contribution in [0.3, 0.4) is 0 Å². The third kappa shape index (κ3) is 3.17. The molecule has 1 atom stereocenters. The summed E-state index contributed by atoms with van der Waals surface area (Å²) in [5, 5.41) is 12.0. The van der Waals surface area contributed by atoms with Crippen LogP contribution in [0.5, 0.6) is 0 Å². The van der Waals surface area contributed by atoms with Gasteiger partial charge in [-0.05, 0) is 55.2 Å². The Morgan fingerprint density at radius 3 is 2.15 bits per heavy atom. The van der Waals surface area contributed by atoms with Gasteiger partial charge in [-0.1, -0.05) is 47.5 Å². The van der Waals surface area contributed by atoms with Gasteiger partial charge in [0.25, 0.3) is 0 Å². The summed E-state index contributed by atoms with van der Waals surface area (Å²) in [6.07, 6.45) is 0.383. The zero-order valence-electron chi connectivity index (χ0n) is 11.9. The molecule has 0 heterocycles. The van der Waals surface area contributed by atoms with E-state index in [0.29, 0.717) is 16.5 Å². The highest BCUT2D eigenvalue weighted by Crippen LogP contribution is 2.33. The molecule has 0 aliphatic rings. The Hall–Kier alpha value is -1.02. The topological polar surface area (TPSA) is 20.2 Å². The first-order valence-corrected chi connectivity index (χ1v) is 7.30. The number of aryl methyl sites for hydroxylation is 2. The van der Waals surface area contributed by atoms with Crippen LogP contribution in [0.4, 0.5) is 0 Å². The Labute approximate surface area is 130 Å². The van der Waals surface area contributed by atoms with Crippen molar-refractivity contribution in [3.05, 3.63) is 68.7 Å². The largest absolute Gasteiger partial charge is 0.385 e. The summed E-state index contributed by atoms with van der Waals surface area (Å²) in [5.74, 6) is 0. The third-order valence-corrected chi connectivity index (χ3v) is 4.42. The Morgan fingerprint density at radius 2 is 1.60 bits per heavy atom. The van der Waals surface area contributed by atoms with Crippen LogP contribution in [-0.2, 0) is 12.0 Å². The van der Waals surface area contributed by atoms with Gasteiger partial charge in [-0.2, -0.15) is 0 Å². The number of halogens is 2. The standard InChI is InChI=1S/C17H18Cl2O/c1-11-7-8-13(9-12(11)2)17(3,20)10-14-15(18)5-4-6-16(14)19/h4-9,20H,10H2,1-3H3. The molecule has 0 saturated heterocycles. The van der Waals surface area contributed by atoms with Gasteiger partial charge in [0, 0.05) is 16.5 Å². The molecule has 1 nitrogen and oxygen atoms in total. The maximum absolute atomic E-state index is 10.8. The Balaban J connectivity index is 2.37. The maximum atomic E-state index is 10.8. The second-order valence-electron chi connectivity index (χ2n) is 5.45. The van der Waals surface area contributed by atoms with Gasteiger partial charge in [-0.25, -0.2) is 0 Å². The van der Waals surface area contributed by atoms with Gasteiger partial charge < -0.3 is 5.11 Å². The van der Waals surface area contributed by atoms with E-state index < -0.39 is 5.60 Å². The summed E-state index contributed by atoms with van der Waals surface area (Å²) in [6, 6.07) is 11.4. The SMILES string of the molecule is Cc1ccc(C(C)(O)Cc2c(Cl)cccc2Cl)cc1C. The zero-order valence-corrected chi connectivity index (χ0v) is 13.4. The molecule has 0 amide bonds. The van der Waals surface area contributed by atoms with E-state index in [9.17, 15) is 5.11 Å². The molecule has 2 aromatic carbocycles. The Morgan fingerprint density at radius 1 is 1.00 bits per heavy atom. The van der Waals surface area contributed by atoms with Crippen molar-refractivity contribution in [2.45, 2.75) is 32.8 Å². The first-order chi connectivity index (χ1) is 9.31. The van der Waals surface area contributed by atoms with E-state index in [1.807, 2.05) is 25.1 Å². The number of benzene rings is 2. The van der Waals surface area contributed by atoms with Crippen LogP contribution in [0.1, 0.15) is 29.2 Å². The van der Waals surface area contributed by atoms with Crippen molar-refractivity contribution in [2.75, 3.05) is 0 Å². The lowest BCUT2D eigenvalue weighted by atomic mass is 9.87. The number of aliphatic hydroxyl groups is 1. The van der Waals surface area contributed by atoms with E-state index in [0.717, 1.165) is 16.7 Å². The maximum Gasteiger partial charge on any atom is 0.0909 e. The zero-order chi connectivity index (χ0) is 14.9.